The lowest BCUT2D eigenvalue weighted by molar-refractivity contribution is -0.388. The van der Waals surface area contributed by atoms with Gasteiger partial charge >= 0.3 is 0 Å². The minimum atomic E-state index is -3.76. The Labute approximate surface area is 167 Å². The lowest BCUT2D eigenvalue weighted by Gasteiger charge is -2.31. The van der Waals surface area contributed by atoms with Crippen LogP contribution < -0.4 is 0 Å². The van der Waals surface area contributed by atoms with Crippen LogP contribution in [0.25, 0.3) is 0 Å². The highest BCUT2D eigenvalue weighted by Gasteiger charge is 2.31. The molecule has 2 aliphatic rings. The molecule has 0 atom stereocenters. The fourth-order valence-corrected chi connectivity index (χ4v) is 5.61. The van der Waals surface area contributed by atoms with Gasteiger partial charge in [-0.1, -0.05) is 0 Å². The third-order valence-electron chi connectivity index (χ3n) is 5.00. The molecule has 0 spiro atoms. The molecule has 0 unspecified atom stereocenters. The van der Waals surface area contributed by atoms with Gasteiger partial charge in [-0.15, -0.1) is 0 Å². The lowest BCUT2D eigenvalue weighted by atomic mass is 10.3. The van der Waals surface area contributed by atoms with Crippen LogP contribution in [0.15, 0.2) is 45.5 Å². The molecule has 1 saturated carbocycles. The van der Waals surface area contributed by atoms with Gasteiger partial charge in [-0.2, -0.15) is 4.31 Å². The summed E-state index contributed by atoms with van der Waals surface area (Å²) in [5, 5.41) is 12.3. The van der Waals surface area contributed by atoms with Gasteiger partial charge in [-0.3, -0.25) is 10.1 Å². The van der Waals surface area contributed by atoms with Crippen LogP contribution in [-0.2, 0) is 10.0 Å². The number of hydrogen-bond acceptors (Lipinski definition) is 7. The van der Waals surface area contributed by atoms with Crippen molar-refractivity contribution in [1.29, 1.82) is 0 Å². The van der Waals surface area contributed by atoms with Crippen LogP contribution in [0.3, 0.4) is 0 Å². The normalized spacial score (nSPS) is 19.0. The van der Waals surface area contributed by atoms with Crippen LogP contribution in [0.4, 0.5) is 5.69 Å². The minimum absolute atomic E-state index is 0.0429. The van der Waals surface area contributed by atoms with Crippen molar-refractivity contribution < 1.29 is 13.3 Å². The molecule has 2 heterocycles. The second kappa shape index (κ2) is 7.47. The molecule has 1 aromatic heterocycles. The highest BCUT2D eigenvalue weighted by atomic mass is 32.2. The molecule has 0 amide bonds. The average molecular weight is 424 g/mol. The average Bonchev–Trinajstić information content (AvgIpc) is 3.41. The van der Waals surface area contributed by atoms with E-state index >= 15 is 0 Å². The number of rotatable bonds is 6. The van der Waals surface area contributed by atoms with Gasteiger partial charge in [0.2, 0.25) is 10.0 Å². The number of hydrogen-bond donors (Lipinski definition) is 0. The van der Waals surface area contributed by atoms with Crippen LogP contribution in [0.1, 0.15) is 18.9 Å². The van der Waals surface area contributed by atoms with Gasteiger partial charge in [0.1, 0.15) is 0 Å². The molecule has 28 heavy (non-hydrogen) atoms. The first-order valence-corrected chi connectivity index (χ1v) is 11.3. The van der Waals surface area contributed by atoms with E-state index in [1.165, 1.54) is 34.3 Å². The number of sulfonamides is 1. The Morgan fingerprint density at radius 3 is 2.57 bits per heavy atom. The summed E-state index contributed by atoms with van der Waals surface area (Å²) >= 11 is 1.19. The van der Waals surface area contributed by atoms with Gasteiger partial charge in [-0.05, 0) is 43.8 Å². The van der Waals surface area contributed by atoms with Crippen molar-refractivity contribution in [2.45, 2.75) is 33.8 Å². The molecule has 150 valence electrons. The lowest BCUT2D eigenvalue weighted by Crippen LogP contribution is -2.47. The van der Waals surface area contributed by atoms with Crippen LogP contribution in [0, 0.1) is 10.1 Å². The molecule has 0 bridgehead atoms. The Morgan fingerprint density at radius 1 is 1.21 bits per heavy atom. The van der Waals surface area contributed by atoms with Crippen molar-refractivity contribution in [3.8, 4) is 0 Å². The van der Waals surface area contributed by atoms with Crippen molar-refractivity contribution in [2.75, 3.05) is 33.2 Å². The van der Waals surface area contributed by atoms with Crippen molar-refractivity contribution in [2.24, 2.45) is 0 Å². The molecule has 4 rings (SSSR count). The molecule has 0 N–H and O–H groups in total. The topological polar surface area (TPSA) is 102 Å². The zero-order chi connectivity index (χ0) is 19.9. The summed E-state index contributed by atoms with van der Waals surface area (Å²) < 4.78 is 29.2. The first-order valence-electron chi connectivity index (χ1n) is 9.04. The largest absolute Gasteiger partial charge is 0.323 e. The molecule has 1 aromatic carbocycles. The van der Waals surface area contributed by atoms with Crippen LogP contribution in [0.5, 0.6) is 0 Å². The first kappa shape index (κ1) is 19.4. The third-order valence-corrected chi connectivity index (χ3v) is 7.96. The predicted octanol–water partition coefficient (Wildman–Crippen LogP) is 2.21. The molecule has 1 aliphatic heterocycles. The predicted molar refractivity (Wildman–Crippen MR) is 104 cm³/mol. The summed E-state index contributed by atoms with van der Waals surface area (Å²) in [4.78, 5) is 17.8. The van der Waals surface area contributed by atoms with E-state index in [1.54, 1.807) is 6.20 Å². The fourth-order valence-electron chi connectivity index (χ4n) is 3.17. The number of imidazole rings is 1. The van der Waals surface area contributed by atoms with Gasteiger partial charge < -0.3 is 9.47 Å². The van der Waals surface area contributed by atoms with Crippen molar-refractivity contribution in [1.82, 2.24) is 18.8 Å². The van der Waals surface area contributed by atoms with Crippen LogP contribution in [-0.4, -0.2) is 65.3 Å². The summed E-state index contributed by atoms with van der Waals surface area (Å²) in [6.45, 7) is 2.03. The van der Waals surface area contributed by atoms with E-state index in [-0.39, 0.29) is 10.6 Å². The van der Waals surface area contributed by atoms with E-state index in [4.69, 9.17) is 0 Å². The van der Waals surface area contributed by atoms with E-state index in [9.17, 15) is 18.5 Å². The summed E-state index contributed by atoms with van der Waals surface area (Å²) in [7, 11) is -1.82. The van der Waals surface area contributed by atoms with Gasteiger partial charge in [0.15, 0.2) is 5.16 Å². The first-order chi connectivity index (χ1) is 13.4. The molecule has 2 fully saturated rings. The highest BCUT2D eigenvalue weighted by molar-refractivity contribution is 7.99. The molecule has 11 heteroatoms. The van der Waals surface area contributed by atoms with E-state index in [1.807, 2.05) is 17.8 Å². The Balaban J connectivity index is 1.63. The summed E-state index contributed by atoms with van der Waals surface area (Å²) in [6, 6.07) is 4.53. The van der Waals surface area contributed by atoms with Crippen molar-refractivity contribution in [3.63, 3.8) is 0 Å². The van der Waals surface area contributed by atoms with Crippen LogP contribution >= 0.6 is 11.8 Å². The van der Waals surface area contributed by atoms with Crippen LogP contribution in [0.2, 0.25) is 0 Å². The summed E-state index contributed by atoms with van der Waals surface area (Å²) in [5.74, 6) is 0. The molecule has 2 aromatic rings. The maximum Gasteiger partial charge on any atom is 0.284 e. The molecule has 1 saturated heterocycles. The van der Waals surface area contributed by atoms with Gasteiger partial charge in [0, 0.05) is 50.7 Å². The molecule has 0 radical (unpaired) electrons. The zero-order valence-electron chi connectivity index (χ0n) is 15.4. The third kappa shape index (κ3) is 3.79. The maximum absolute atomic E-state index is 12.9. The van der Waals surface area contributed by atoms with E-state index in [0.29, 0.717) is 42.3 Å². The molecule has 1 aliphatic carbocycles. The van der Waals surface area contributed by atoms with Gasteiger partial charge in [-0.25, -0.2) is 13.4 Å². The minimum Gasteiger partial charge on any atom is -0.323 e. The second-order valence-electron chi connectivity index (χ2n) is 7.04. The Morgan fingerprint density at radius 2 is 1.93 bits per heavy atom. The van der Waals surface area contributed by atoms with Crippen molar-refractivity contribution >= 4 is 27.5 Å². The highest BCUT2D eigenvalue weighted by Crippen LogP contribution is 2.41. The number of nitro groups is 1. The second-order valence-corrected chi connectivity index (χ2v) is 9.99. The number of nitro benzene ring substituents is 1. The quantitative estimate of drug-likeness (QED) is 0.518. The molecule has 9 nitrogen and oxygen atoms in total. The molecular formula is C17H21N5O4S2. The van der Waals surface area contributed by atoms with Crippen molar-refractivity contribution in [3.05, 3.63) is 40.7 Å². The smallest absolute Gasteiger partial charge is 0.284 e. The van der Waals surface area contributed by atoms with E-state index in [0.717, 1.165) is 12.8 Å². The number of nitrogens with zero attached hydrogens (tertiary/aromatic N) is 5. The fraction of sp³-hybridized carbons (Fsp3) is 0.471. The van der Waals surface area contributed by atoms with Gasteiger partial charge in [0.05, 0.1) is 14.7 Å². The Kier molecular flexibility index (Phi) is 5.17. The molecular weight excluding hydrogens is 402 g/mol. The number of likely N-dealkylation sites (N-methyl/N-ethyl adjacent to an activating group) is 1. The standard InChI is InChI=1S/C17H21N5O4S2/c1-19-8-10-20(11-9-19)28(25,26)14-4-5-16(15(12-14)22(23)24)27-17-18-6-7-21(17)13-2-3-13/h4-7,12-13H,2-3,8-11H2,1H3. The number of benzene rings is 1. The van der Waals surface area contributed by atoms with E-state index in [2.05, 4.69) is 9.88 Å². The number of piperazine rings is 1. The van der Waals surface area contributed by atoms with E-state index < -0.39 is 14.9 Å². The SMILES string of the molecule is CN1CCN(S(=O)(=O)c2ccc(Sc3nccn3C3CC3)c([N+](=O)[O-])c2)CC1. The maximum atomic E-state index is 12.9. The Hall–Kier alpha value is -1.95. The zero-order valence-corrected chi connectivity index (χ0v) is 17.0. The number of aromatic nitrogens is 2. The summed E-state index contributed by atoms with van der Waals surface area (Å²) in [6.07, 6.45) is 5.71. The Bertz CT molecular complexity index is 995. The van der Waals surface area contributed by atoms with Gasteiger partial charge in [0.25, 0.3) is 5.69 Å². The monoisotopic (exact) mass is 423 g/mol. The summed E-state index contributed by atoms with van der Waals surface area (Å²) in [5.41, 5.74) is -0.217.